The maximum Gasteiger partial charge on any atom is 0.573 e. The van der Waals surface area contributed by atoms with Crippen molar-refractivity contribution >= 4 is 43.7 Å². The molecule has 33 heavy (non-hydrogen) atoms. The van der Waals surface area contributed by atoms with Crippen molar-refractivity contribution in [2.45, 2.75) is 18.8 Å². The van der Waals surface area contributed by atoms with E-state index in [1.54, 1.807) is 17.7 Å². The van der Waals surface area contributed by atoms with Crippen LogP contribution >= 0.6 is 11.3 Å². The summed E-state index contributed by atoms with van der Waals surface area (Å²) in [6.45, 7) is -1.35. The van der Waals surface area contributed by atoms with Crippen molar-refractivity contribution in [1.82, 2.24) is 19.9 Å². The number of hydrogen-bond donors (Lipinski definition) is 3. The quantitative estimate of drug-likeness (QED) is 0.261. The molecule has 4 rings (SSSR count). The van der Waals surface area contributed by atoms with Crippen LogP contribution in [0, 0.1) is 0 Å². The zero-order chi connectivity index (χ0) is 24.0. The van der Waals surface area contributed by atoms with E-state index in [0.717, 1.165) is 17.4 Å². The lowest BCUT2D eigenvalue weighted by atomic mass is 10.1. The average molecular weight is 491 g/mol. The molecule has 0 fully saturated rings. The Kier molecular flexibility index (Phi) is 5.84. The first-order valence-electron chi connectivity index (χ1n) is 9.26. The van der Waals surface area contributed by atoms with E-state index in [2.05, 4.69) is 20.0 Å². The number of halogens is 6. The van der Waals surface area contributed by atoms with Gasteiger partial charge in [0, 0.05) is 13.1 Å². The van der Waals surface area contributed by atoms with Crippen LogP contribution < -0.4 is 15.4 Å². The van der Waals surface area contributed by atoms with E-state index in [0.29, 0.717) is 32.3 Å². The van der Waals surface area contributed by atoms with Gasteiger partial charge >= 0.3 is 12.5 Å². The Morgan fingerprint density at radius 2 is 1.82 bits per heavy atom. The van der Waals surface area contributed by atoms with Gasteiger partial charge in [0.25, 0.3) is 0 Å². The Morgan fingerprint density at radius 3 is 2.52 bits per heavy atom. The number of nitrogens with zero attached hydrogens (tertiary/aromatic N) is 3. The first kappa shape index (κ1) is 23.1. The summed E-state index contributed by atoms with van der Waals surface area (Å²) in [5.74, 6) is -0.0242. The van der Waals surface area contributed by atoms with E-state index in [4.69, 9.17) is 0 Å². The van der Waals surface area contributed by atoms with Crippen LogP contribution in [0.25, 0.3) is 21.3 Å². The van der Waals surface area contributed by atoms with E-state index >= 15 is 0 Å². The van der Waals surface area contributed by atoms with Crippen molar-refractivity contribution in [1.29, 1.82) is 0 Å². The van der Waals surface area contributed by atoms with E-state index in [9.17, 15) is 31.4 Å². The summed E-state index contributed by atoms with van der Waals surface area (Å²) in [6.07, 6.45) is -10.8. The Labute approximate surface area is 185 Å². The van der Waals surface area contributed by atoms with Crippen molar-refractivity contribution in [3.63, 3.8) is 0 Å². The smallest absolute Gasteiger partial charge is 0.406 e. The Bertz CT molecular complexity index is 1300. The highest BCUT2D eigenvalue weighted by molar-refractivity contribution is 7.22. The van der Waals surface area contributed by atoms with E-state index < -0.39 is 25.3 Å². The molecular formula is C19H15F6N5O2S. The molecule has 0 amide bonds. The Morgan fingerprint density at radius 1 is 1.06 bits per heavy atom. The van der Waals surface area contributed by atoms with Crippen LogP contribution in [0.15, 0.2) is 36.4 Å². The lowest BCUT2D eigenvalue weighted by Crippen LogP contribution is -2.31. The first-order valence-corrected chi connectivity index (χ1v) is 10.1. The molecule has 0 spiro atoms. The predicted octanol–water partition coefficient (Wildman–Crippen LogP) is 4.97. The number of alkyl halides is 6. The van der Waals surface area contributed by atoms with Crippen LogP contribution in [0.4, 0.5) is 37.4 Å². The van der Waals surface area contributed by atoms with Gasteiger partial charge in [0.15, 0.2) is 5.13 Å². The lowest BCUT2D eigenvalue weighted by Gasteiger charge is -2.14. The topological polar surface area (TPSA) is 84.2 Å². The van der Waals surface area contributed by atoms with E-state index in [1.165, 1.54) is 24.3 Å². The fourth-order valence-electron chi connectivity index (χ4n) is 3.08. The molecule has 1 unspecified atom stereocenters. The van der Waals surface area contributed by atoms with Crippen molar-refractivity contribution in [3.8, 4) is 5.75 Å². The second-order valence-electron chi connectivity index (χ2n) is 6.96. The molecule has 0 aliphatic heterocycles. The summed E-state index contributed by atoms with van der Waals surface area (Å²) in [4.78, 5) is 8.69. The molecule has 2 aromatic heterocycles. The zero-order valence-electron chi connectivity index (χ0n) is 16.6. The van der Waals surface area contributed by atoms with Gasteiger partial charge in [0.2, 0.25) is 5.95 Å². The van der Waals surface area contributed by atoms with Crippen molar-refractivity contribution in [2.75, 3.05) is 11.9 Å². The number of rotatable bonds is 6. The van der Waals surface area contributed by atoms with Gasteiger partial charge in [-0.2, -0.15) is 13.2 Å². The Hall–Kier alpha value is -3.10. The summed E-state index contributed by atoms with van der Waals surface area (Å²) >= 11 is 1.09. The van der Waals surface area contributed by atoms with Crippen LogP contribution in [0.2, 0.25) is 0 Å². The number of thiazole rings is 1. The molecule has 3 N–H and O–H groups in total. The highest BCUT2D eigenvalue weighted by Crippen LogP contribution is 2.33. The van der Waals surface area contributed by atoms with Gasteiger partial charge in [-0.3, -0.25) is 5.32 Å². The maximum absolute atomic E-state index is 12.4. The third-order valence-corrected chi connectivity index (χ3v) is 5.46. The normalized spacial score (nSPS) is 13.6. The molecule has 176 valence electrons. The second kappa shape index (κ2) is 8.35. The van der Waals surface area contributed by atoms with Crippen LogP contribution in [0.5, 0.6) is 5.75 Å². The number of nitrogens with one attached hydrogen (secondary N) is 2. The largest absolute Gasteiger partial charge is 0.573 e. The first-order chi connectivity index (χ1) is 15.4. The van der Waals surface area contributed by atoms with Crippen LogP contribution in [0.3, 0.4) is 0 Å². The Balaban J connectivity index is 1.56. The molecule has 0 aliphatic carbocycles. The van der Waals surface area contributed by atoms with Gasteiger partial charge in [-0.15, -0.1) is 13.2 Å². The van der Waals surface area contributed by atoms with Gasteiger partial charge in [-0.25, -0.2) is 9.97 Å². The number of aliphatic hydroxyl groups is 1. The molecule has 2 heterocycles. The van der Waals surface area contributed by atoms with Crippen LogP contribution in [0.1, 0.15) is 11.8 Å². The predicted molar refractivity (Wildman–Crippen MR) is 109 cm³/mol. The minimum Gasteiger partial charge on any atom is -0.406 e. The molecule has 1 atom stereocenters. The SMILES string of the molecule is Cn1c(Nc2nc3ccc(OC(F)(F)F)cc3s2)nc2cc(C(O)NCC(F)(F)F)ccc21. The number of imidazole rings is 1. The third-order valence-electron chi connectivity index (χ3n) is 4.53. The molecule has 0 bridgehead atoms. The number of aryl methyl sites for hydroxylation is 1. The van der Waals surface area contributed by atoms with E-state index in [1.807, 2.05) is 5.32 Å². The fraction of sp³-hybridized carbons (Fsp3) is 0.263. The summed E-state index contributed by atoms with van der Waals surface area (Å²) in [5.41, 5.74) is 1.70. The molecule has 0 saturated carbocycles. The molecule has 14 heteroatoms. The van der Waals surface area contributed by atoms with Crippen molar-refractivity contribution in [3.05, 3.63) is 42.0 Å². The van der Waals surface area contributed by atoms with Gasteiger partial charge in [-0.1, -0.05) is 17.4 Å². The second-order valence-corrected chi connectivity index (χ2v) is 7.99. The summed E-state index contributed by atoms with van der Waals surface area (Å²) in [5, 5.41) is 15.3. The summed E-state index contributed by atoms with van der Waals surface area (Å²) in [6, 6.07) is 8.31. The molecule has 4 aromatic rings. The number of benzene rings is 2. The summed E-state index contributed by atoms with van der Waals surface area (Å²) in [7, 11) is 1.69. The molecule has 0 radical (unpaired) electrons. The number of hydrogen-bond acceptors (Lipinski definition) is 7. The van der Waals surface area contributed by atoms with Crippen molar-refractivity contribution < 1.29 is 36.2 Å². The molecule has 0 aliphatic rings. The minimum atomic E-state index is -4.80. The van der Waals surface area contributed by atoms with Crippen molar-refractivity contribution in [2.24, 2.45) is 7.05 Å². The fourth-order valence-corrected chi connectivity index (χ4v) is 3.97. The number of aromatic nitrogens is 3. The summed E-state index contributed by atoms with van der Waals surface area (Å²) < 4.78 is 80.4. The number of ether oxygens (including phenoxy) is 1. The molecular weight excluding hydrogens is 476 g/mol. The monoisotopic (exact) mass is 491 g/mol. The van der Waals surface area contributed by atoms with E-state index in [-0.39, 0.29) is 11.3 Å². The molecule has 2 aromatic carbocycles. The highest BCUT2D eigenvalue weighted by Gasteiger charge is 2.31. The van der Waals surface area contributed by atoms with Crippen LogP contribution in [-0.4, -0.2) is 38.7 Å². The lowest BCUT2D eigenvalue weighted by molar-refractivity contribution is -0.274. The standard InChI is InChI=1S/C19H15F6N5O2S/c1-30-13-5-2-9(15(31)26-8-18(20,21)22)6-12(13)27-16(30)29-17-28-11-4-3-10(7-14(11)33-17)32-19(23,24)25/h2-7,15,26,31H,8H2,1H3,(H,27,28,29). The maximum atomic E-state index is 12.4. The third kappa shape index (κ3) is 5.46. The highest BCUT2D eigenvalue weighted by atomic mass is 32.1. The van der Waals surface area contributed by atoms with Gasteiger partial charge in [-0.05, 0) is 29.8 Å². The number of fused-ring (bicyclic) bond motifs is 2. The molecule has 0 saturated heterocycles. The minimum absolute atomic E-state index is 0.202. The molecule has 7 nitrogen and oxygen atoms in total. The van der Waals surface area contributed by atoms with Gasteiger partial charge < -0.3 is 19.7 Å². The van der Waals surface area contributed by atoms with Gasteiger partial charge in [0.1, 0.15) is 12.0 Å². The van der Waals surface area contributed by atoms with Crippen LogP contribution in [-0.2, 0) is 7.05 Å². The van der Waals surface area contributed by atoms with Gasteiger partial charge in [0.05, 0.1) is 27.8 Å². The average Bonchev–Trinajstić information content (AvgIpc) is 3.24. The number of aliphatic hydroxyl groups excluding tert-OH is 1. The zero-order valence-corrected chi connectivity index (χ0v) is 17.4. The number of anilines is 2.